The molecule has 1 heterocycles. The van der Waals surface area contributed by atoms with Crippen molar-refractivity contribution in [1.82, 2.24) is 10.2 Å². The summed E-state index contributed by atoms with van der Waals surface area (Å²) in [7, 11) is 0. The summed E-state index contributed by atoms with van der Waals surface area (Å²) in [6.07, 6.45) is 0.612. The van der Waals surface area contributed by atoms with E-state index in [1.54, 1.807) is 29.2 Å². The van der Waals surface area contributed by atoms with Crippen LogP contribution in [-0.2, 0) is 11.3 Å². The number of hydrogen-bond acceptors (Lipinski definition) is 3. The Bertz CT molecular complexity index is 787. The van der Waals surface area contributed by atoms with Gasteiger partial charge in [0.2, 0.25) is 5.91 Å². The van der Waals surface area contributed by atoms with E-state index in [1.807, 2.05) is 38.1 Å². The summed E-state index contributed by atoms with van der Waals surface area (Å²) in [5.74, 6) is 0.707. The fraction of sp³-hybridized carbons (Fsp3) is 0.333. The van der Waals surface area contributed by atoms with Crippen molar-refractivity contribution in [1.29, 1.82) is 0 Å². The molecule has 3 rings (SSSR count). The number of nitrogens with zero attached hydrogens (tertiary/aromatic N) is 1. The van der Waals surface area contributed by atoms with Gasteiger partial charge in [-0.2, -0.15) is 0 Å². The first-order chi connectivity index (χ1) is 13.0. The highest BCUT2D eigenvalue weighted by Crippen LogP contribution is 2.17. The number of carbonyl (C=O) groups is 2. The molecule has 6 nitrogen and oxygen atoms in total. The standard InChI is InChI=1S/C21H25N3O3/c1-3-27-18-10-8-17(9-11-18)22-21(26)23-19-12-13-24(20(19)25)14-16-6-4-15(2)5-7-16/h4-11,19H,3,12-14H2,1-2H3,(H2,22,23,26)/t19-/m1/s1. The smallest absolute Gasteiger partial charge is 0.319 e. The molecule has 1 aliphatic rings. The van der Waals surface area contributed by atoms with Gasteiger partial charge < -0.3 is 20.3 Å². The Labute approximate surface area is 159 Å². The minimum atomic E-state index is -0.488. The Morgan fingerprint density at radius 1 is 1.15 bits per heavy atom. The van der Waals surface area contributed by atoms with Gasteiger partial charge in [-0.15, -0.1) is 0 Å². The van der Waals surface area contributed by atoms with Crippen LogP contribution in [0, 0.1) is 6.92 Å². The largest absolute Gasteiger partial charge is 0.494 e. The normalized spacial score (nSPS) is 16.3. The van der Waals surface area contributed by atoms with Gasteiger partial charge in [0, 0.05) is 18.8 Å². The van der Waals surface area contributed by atoms with Crippen molar-refractivity contribution in [3.8, 4) is 5.75 Å². The van der Waals surface area contributed by atoms with Crippen molar-refractivity contribution in [3.05, 3.63) is 59.7 Å². The summed E-state index contributed by atoms with van der Waals surface area (Å²) in [5.41, 5.74) is 2.93. The van der Waals surface area contributed by atoms with Crippen molar-refractivity contribution < 1.29 is 14.3 Å². The lowest BCUT2D eigenvalue weighted by atomic mass is 10.1. The Hall–Kier alpha value is -3.02. The van der Waals surface area contributed by atoms with E-state index < -0.39 is 6.04 Å². The van der Waals surface area contributed by atoms with Gasteiger partial charge in [0.1, 0.15) is 11.8 Å². The maximum absolute atomic E-state index is 12.5. The molecule has 142 valence electrons. The van der Waals surface area contributed by atoms with Crippen LogP contribution in [-0.4, -0.2) is 36.0 Å². The van der Waals surface area contributed by atoms with Crippen LogP contribution in [0.25, 0.3) is 0 Å². The summed E-state index contributed by atoms with van der Waals surface area (Å²) in [4.78, 5) is 26.5. The number of likely N-dealkylation sites (tertiary alicyclic amines) is 1. The molecule has 2 aromatic rings. The van der Waals surface area contributed by atoms with Crippen molar-refractivity contribution in [2.45, 2.75) is 32.9 Å². The molecule has 1 aliphatic heterocycles. The summed E-state index contributed by atoms with van der Waals surface area (Å²) < 4.78 is 5.38. The average molecular weight is 367 g/mol. The number of aryl methyl sites for hydroxylation is 1. The maximum Gasteiger partial charge on any atom is 0.319 e. The number of nitrogens with one attached hydrogen (secondary N) is 2. The fourth-order valence-electron chi connectivity index (χ4n) is 3.07. The summed E-state index contributed by atoms with van der Waals surface area (Å²) in [5, 5.41) is 5.52. The van der Waals surface area contributed by atoms with E-state index in [4.69, 9.17) is 4.74 Å². The topological polar surface area (TPSA) is 70.7 Å². The monoisotopic (exact) mass is 367 g/mol. The summed E-state index contributed by atoms with van der Waals surface area (Å²) in [6, 6.07) is 14.4. The zero-order valence-corrected chi connectivity index (χ0v) is 15.7. The highest BCUT2D eigenvalue weighted by Gasteiger charge is 2.32. The molecule has 0 aromatic heterocycles. The zero-order valence-electron chi connectivity index (χ0n) is 15.7. The van der Waals surface area contributed by atoms with Crippen molar-refractivity contribution in [2.75, 3.05) is 18.5 Å². The minimum Gasteiger partial charge on any atom is -0.494 e. The molecule has 2 N–H and O–H groups in total. The predicted molar refractivity (Wildman–Crippen MR) is 105 cm³/mol. The van der Waals surface area contributed by atoms with Crippen LogP contribution in [0.3, 0.4) is 0 Å². The van der Waals surface area contributed by atoms with Gasteiger partial charge in [0.05, 0.1) is 6.61 Å². The lowest BCUT2D eigenvalue weighted by molar-refractivity contribution is -0.129. The lowest BCUT2D eigenvalue weighted by Crippen LogP contribution is -2.43. The molecule has 2 aromatic carbocycles. The molecule has 27 heavy (non-hydrogen) atoms. The van der Waals surface area contributed by atoms with Crippen molar-refractivity contribution in [3.63, 3.8) is 0 Å². The molecule has 0 spiro atoms. The quantitative estimate of drug-likeness (QED) is 0.823. The number of urea groups is 1. The van der Waals surface area contributed by atoms with E-state index in [2.05, 4.69) is 10.6 Å². The third-order valence-corrected chi connectivity index (χ3v) is 4.52. The molecule has 0 radical (unpaired) electrons. The molecule has 1 fully saturated rings. The van der Waals surface area contributed by atoms with E-state index in [0.29, 0.717) is 31.8 Å². The third-order valence-electron chi connectivity index (χ3n) is 4.52. The van der Waals surface area contributed by atoms with Gasteiger partial charge in [0.15, 0.2) is 0 Å². The van der Waals surface area contributed by atoms with Crippen LogP contribution < -0.4 is 15.4 Å². The second-order valence-corrected chi connectivity index (χ2v) is 6.64. The first kappa shape index (κ1) is 18.8. The van der Waals surface area contributed by atoms with Crippen LogP contribution >= 0.6 is 0 Å². The molecule has 0 saturated carbocycles. The lowest BCUT2D eigenvalue weighted by Gasteiger charge is -2.17. The zero-order chi connectivity index (χ0) is 19.2. The molecule has 1 atom stereocenters. The molecular weight excluding hydrogens is 342 g/mol. The van der Waals surface area contributed by atoms with E-state index in [-0.39, 0.29) is 11.9 Å². The van der Waals surface area contributed by atoms with E-state index in [1.165, 1.54) is 5.56 Å². The first-order valence-electron chi connectivity index (χ1n) is 9.20. The molecule has 3 amide bonds. The number of anilines is 1. The number of carbonyl (C=O) groups excluding carboxylic acids is 2. The SMILES string of the molecule is CCOc1ccc(NC(=O)N[C@@H]2CCN(Cc3ccc(C)cc3)C2=O)cc1. The van der Waals surface area contributed by atoms with Crippen molar-refractivity contribution >= 4 is 17.6 Å². The van der Waals surface area contributed by atoms with E-state index in [9.17, 15) is 9.59 Å². The molecule has 1 saturated heterocycles. The number of rotatable bonds is 6. The Morgan fingerprint density at radius 2 is 1.85 bits per heavy atom. The Kier molecular flexibility index (Phi) is 5.96. The highest BCUT2D eigenvalue weighted by atomic mass is 16.5. The maximum atomic E-state index is 12.5. The van der Waals surface area contributed by atoms with Gasteiger partial charge in [0.25, 0.3) is 0 Å². The Morgan fingerprint density at radius 3 is 2.52 bits per heavy atom. The van der Waals surface area contributed by atoms with Gasteiger partial charge in [-0.1, -0.05) is 29.8 Å². The number of benzene rings is 2. The fourth-order valence-corrected chi connectivity index (χ4v) is 3.07. The Balaban J connectivity index is 1.51. The second kappa shape index (κ2) is 8.58. The van der Waals surface area contributed by atoms with Gasteiger partial charge in [-0.25, -0.2) is 4.79 Å². The molecule has 0 bridgehead atoms. The summed E-state index contributed by atoms with van der Waals surface area (Å²) >= 11 is 0. The third kappa shape index (κ3) is 5.00. The van der Waals surface area contributed by atoms with E-state index >= 15 is 0 Å². The second-order valence-electron chi connectivity index (χ2n) is 6.64. The highest BCUT2D eigenvalue weighted by molar-refractivity contribution is 5.94. The van der Waals surface area contributed by atoms with Crippen LogP contribution in [0.15, 0.2) is 48.5 Å². The van der Waals surface area contributed by atoms with Gasteiger partial charge in [-0.3, -0.25) is 4.79 Å². The van der Waals surface area contributed by atoms with Gasteiger partial charge in [-0.05, 0) is 50.1 Å². The van der Waals surface area contributed by atoms with Crippen LogP contribution in [0.2, 0.25) is 0 Å². The van der Waals surface area contributed by atoms with Crippen LogP contribution in [0.4, 0.5) is 10.5 Å². The molecule has 0 unspecified atom stereocenters. The first-order valence-corrected chi connectivity index (χ1v) is 9.20. The average Bonchev–Trinajstić information content (AvgIpc) is 2.99. The number of amides is 3. The molecular formula is C21H25N3O3. The van der Waals surface area contributed by atoms with Gasteiger partial charge >= 0.3 is 6.03 Å². The van der Waals surface area contributed by atoms with E-state index in [0.717, 1.165) is 11.3 Å². The van der Waals surface area contributed by atoms with Crippen molar-refractivity contribution in [2.24, 2.45) is 0 Å². The number of ether oxygens (including phenoxy) is 1. The van der Waals surface area contributed by atoms with Crippen LogP contribution in [0.1, 0.15) is 24.5 Å². The molecule has 6 heteroatoms. The molecule has 0 aliphatic carbocycles. The number of hydrogen-bond donors (Lipinski definition) is 2. The van der Waals surface area contributed by atoms with Crippen LogP contribution in [0.5, 0.6) is 5.75 Å². The minimum absolute atomic E-state index is 0.0441. The summed E-state index contributed by atoms with van der Waals surface area (Å²) in [6.45, 7) is 5.75. The predicted octanol–water partition coefficient (Wildman–Crippen LogP) is 3.32.